The molecule has 0 aromatic heterocycles. The first kappa shape index (κ1) is 17.4. The van der Waals surface area contributed by atoms with Gasteiger partial charge in [-0.1, -0.05) is 42.5 Å². The van der Waals surface area contributed by atoms with E-state index < -0.39 is 6.09 Å². The van der Waals surface area contributed by atoms with Crippen molar-refractivity contribution in [3.63, 3.8) is 0 Å². The van der Waals surface area contributed by atoms with Gasteiger partial charge in [0.05, 0.1) is 0 Å². The van der Waals surface area contributed by atoms with Crippen molar-refractivity contribution in [2.24, 2.45) is 0 Å². The van der Waals surface area contributed by atoms with Gasteiger partial charge in [-0.05, 0) is 36.6 Å². The Morgan fingerprint density at radius 1 is 1.20 bits per heavy atom. The highest BCUT2D eigenvalue weighted by Crippen LogP contribution is 2.29. The van der Waals surface area contributed by atoms with E-state index in [1.54, 1.807) is 12.1 Å². The third-order valence-corrected chi connectivity index (χ3v) is 4.95. The second-order valence-corrected chi connectivity index (χ2v) is 6.58. The number of benzene rings is 2. The molecule has 3 rings (SSSR count). The molecule has 1 heterocycles. The van der Waals surface area contributed by atoms with Crippen LogP contribution in [-0.4, -0.2) is 35.2 Å². The van der Waals surface area contributed by atoms with Gasteiger partial charge in [0, 0.05) is 31.1 Å². The fraction of sp³-hybridized carbons (Fsp3) is 0.350. The van der Waals surface area contributed by atoms with Crippen LogP contribution in [0.15, 0.2) is 54.6 Å². The van der Waals surface area contributed by atoms with E-state index in [0.717, 1.165) is 12.0 Å². The Bertz CT molecular complexity index is 705. The highest BCUT2D eigenvalue weighted by molar-refractivity contribution is 5.65. The predicted octanol–water partition coefficient (Wildman–Crippen LogP) is 4.01. The number of amides is 1. The summed E-state index contributed by atoms with van der Waals surface area (Å²) in [6, 6.07) is 16.9. The predicted molar refractivity (Wildman–Crippen MR) is 95.1 cm³/mol. The molecule has 3 atom stereocenters. The van der Waals surface area contributed by atoms with Crippen LogP contribution in [0.1, 0.15) is 36.4 Å². The molecule has 1 aliphatic heterocycles. The van der Waals surface area contributed by atoms with E-state index >= 15 is 0 Å². The van der Waals surface area contributed by atoms with Gasteiger partial charge in [-0.15, -0.1) is 0 Å². The molecule has 1 saturated heterocycles. The zero-order chi connectivity index (χ0) is 17.8. The van der Waals surface area contributed by atoms with Gasteiger partial charge >= 0.3 is 6.09 Å². The third kappa shape index (κ3) is 4.17. The van der Waals surface area contributed by atoms with Gasteiger partial charge in [0.2, 0.25) is 0 Å². The van der Waals surface area contributed by atoms with Crippen molar-refractivity contribution in [2.75, 3.05) is 13.1 Å². The molecule has 0 bridgehead atoms. The van der Waals surface area contributed by atoms with E-state index in [4.69, 9.17) is 0 Å². The topological polar surface area (TPSA) is 52.6 Å². The number of nitrogens with zero attached hydrogens (tertiary/aromatic N) is 1. The largest absolute Gasteiger partial charge is 0.465 e. The number of rotatable bonds is 4. The molecule has 1 fully saturated rings. The molecule has 0 aliphatic carbocycles. The Balaban J connectivity index is 1.80. The van der Waals surface area contributed by atoms with Crippen LogP contribution in [0.5, 0.6) is 0 Å². The van der Waals surface area contributed by atoms with Crippen LogP contribution in [0.25, 0.3) is 0 Å². The average molecular weight is 342 g/mol. The summed E-state index contributed by atoms with van der Waals surface area (Å²) in [5, 5.41) is 13.0. The molecular weight excluding hydrogens is 319 g/mol. The lowest BCUT2D eigenvalue weighted by atomic mass is 9.85. The van der Waals surface area contributed by atoms with E-state index in [1.807, 2.05) is 18.2 Å². The number of nitrogens with one attached hydrogen (secondary N) is 1. The van der Waals surface area contributed by atoms with Crippen molar-refractivity contribution in [1.29, 1.82) is 0 Å². The van der Waals surface area contributed by atoms with Crippen LogP contribution in [0, 0.1) is 5.82 Å². The monoisotopic (exact) mass is 342 g/mol. The highest BCUT2D eigenvalue weighted by Gasteiger charge is 2.33. The zero-order valence-electron chi connectivity index (χ0n) is 14.2. The number of hydrogen-bond acceptors (Lipinski definition) is 2. The Morgan fingerprint density at radius 2 is 1.88 bits per heavy atom. The highest BCUT2D eigenvalue weighted by atomic mass is 19.1. The first-order valence-electron chi connectivity index (χ1n) is 8.59. The molecule has 132 valence electrons. The smallest absolute Gasteiger partial charge is 0.407 e. The van der Waals surface area contributed by atoms with Crippen molar-refractivity contribution in [3.05, 3.63) is 71.5 Å². The minimum Gasteiger partial charge on any atom is -0.465 e. The van der Waals surface area contributed by atoms with E-state index in [9.17, 15) is 14.3 Å². The SMILES string of the molecule is C[C@@H](N[C@@H]1CCN(C(=O)O)C[C@@H]1c1ccc(F)cc1)c1ccccc1. The Labute approximate surface area is 147 Å². The molecule has 0 spiro atoms. The summed E-state index contributed by atoms with van der Waals surface area (Å²) in [4.78, 5) is 12.8. The summed E-state index contributed by atoms with van der Waals surface area (Å²) in [5.74, 6) is -0.284. The first-order valence-corrected chi connectivity index (χ1v) is 8.59. The van der Waals surface area contributed by atoms with Gasteiger partial charge in [0.25, 0.3) is 0 Å². The average Bonchev–Trinajstić information content (AvgIpc) is 2.63. The van der Waals surface area contributed by atoms with Crippen LogP contribution in [0.4, 0.5) is 9.18 Å². The van der Waals surface area contributed by atoms with Gasteiger partial charge in [0.1, 0.15) is 5.82 Å². The minimum absolute atomic E-state index is 0.00314. The molecule has 0 unspecified atom stereocenters. The molecule has 25 heavy (non-hydrogen) atoms. The lowest BCUT2D eigenvalue weighted by Gasteiger charge is -2.39. The second-order valence-electron chi connectivity index (χ2n) is 6.58. The maximum atomic E-state index is 13.3. The summed E-state index contributed by atoms with van der Waals surface area (Å²) >= 11 is 0. The van der Waals surface area contributed by atoms with Crippen molar-refractivity contribution < 1.29 is 14.3 Å². The lowest BCUT2D eigenvalue weighted by molar-refractivity contribution is 0.119. The fourth-order valence-corrected chi connectivity index (χ4v) is 3.53. The van der Waals surface area contributed by atoms with Crippen LogP contribution < -0.4 is 5.32 Å². The van der Waals surface area contributed by atoms with Gasteiger partial charge in [-0.2, -0.15) is 0 Å². The maximum absolute atomic E-state index is 13.3. The Kier molecular flexibility index (Phi) is 5.34. The molecule has 0 radical (unpaired) electrons. The quantitative estimate of drug-likeness (QED) is 0.883. The van der Waals surface area contributed by atoms with Gasteiger partial charge in [-0.3, -0.25) is 0 Å². The standard InChI is InChI=1S/C20H23FN2O2/c1-14(15-5-3-2-4-6-15)22-19-11-12-23(20(24)25)13-18(19)16-7-9-17(21)10-8-16/h2-10,14,18-19,22H,11-13H2,1H3,(H,24,25)/t14-,18-,19-/m1/s1. The minimum atomic E-state index is -0.901. The molecule has 2 aromatic rings. The van der Waals surface area contributed by atoms with Crippen molar-refractivity contribution in [3.8, 4) is 0 Å². The maximum Gasteiger partial charge on any atom is 0.407 e. The number of carbonyl (C=O) groups is 1. The van der Waals surface area contributed by atoms with Gasteiger partial charge in [0.15, 0.2) is 0 Å². The van der Waals surface area contributed by atoms with E-state index in [0.29, 0.717) is 13.1 Å². The summed E-state index contributed by atoms with van der Waals surface area (Å²) in [6.07, 6.45) is -0.174. The van der Waals surface area contributed by atoms with Crippen molar-refractivity contribution >= 4 is 6.09 Å². The number of hydrogen-bond donors (Lipinski definition) is 2. The molecule has 1 amide bonds. The molecule has 1 aliphatic rings. The van der Waals surface area contributed by atoms with E-state index in [2.05, 4.69) is 24.4 Å². The van der Waals surface area contributed by atoms with E-state index in [-0.39, 0.29) is 23.8 Å². The summed E-state index contributed by atoms with van der Waals surface area (Å²) in [7, 11) is 0. The number of carboxylic acid groups (broad SMARTS) is 1. The van der Waals surface area contributed by atoms with Gasteiger partial charge < -0.3 is 15.3 Å². The number of piperidine rings is 1. The van der Waals surface area contributed by atoms with Crippen LogP contribution in [-0.2, 0) is 0 Å². The molecular formula is C20H23FN2O2. The van der Waals surface area contributed by atoms with Crippen LogP contribution >= 0.6 is 0 Å². The fourth-order valence-electron chi connectivity index (χ4n) is 3.53. The normalized spacial score (nSPS) is 21.8. The summed E-state index contributed by atoms with van der Waals surface area (Å²) < 4.78 is 13.3. The van der Waals surface area contributed by atoms with Crippen LogP contribution in [0.2, 0.25) is 0 Å². The summed E-state index contributed by atoms with van der Waals surface area (Å²) in [5.41, 5.74) is 2.16. The van der Waals surface area contributed by atoms with Gasteiger partial charge in [-0.25, -0.2) is 9.18 Å². The lowest BCUT2D eigenvalue weighted by Crippen LogP contribution is -2.50. The Hall–Kier alpha value is -2.40. The molecule has 0 saturated carbocycles. The number of likely N-dealkylation sites (tertiary alicyclic amines) is 1. The van der Waals surface area contributed by atoms with Crippen molar-refractivity contribution in [1.82, 2.24) is 10.2 Å². The molecule has 4 nitrogen and oxygen atoms in total. The van der Waals surface area contributed by atoms with Crippen LogP contribution in [0.3, 0.4) is 0 Å². The first-order chi connectivity index (χ1) is 12.0. The third-order valence-electron chi connectivity index (χ3n) is 4.95. The molecule has 2 N–H and O–H groups in total. The van der Waals surface area contributed by atoms with Crippen molar-refractivity contribution in [2.45, 2.75) is 31.3 Å². The molecule has 5 heteroatoms. The second kappa shape index (κ2) is 7.66. The van der Waals surface area contributed by atoms with E-state index in [1.165, 1.54) is 22.6 Å². The summed E-state index contributed by atoms with van der Waals surface area (Å²) in [6.45, 7) is 3.03. The Morgan fingerprint density at radius 3 is 2.52 bits per heavy atom. The zero-order valence-corrected chi connectivity index (χ0v) is 14.2. The number of halogens is 1. The molecule has 2 aromatic carbocycles.